The summed E-state index contributed by atoms with van der Waals surface area (Å²) in [6, 6.07) is 0.127. The van der Waals surface area contributed by atoms with Crippen LogP contribution in [-0.2, 0) is 5.41 Å². The van der Waals surface area contributed by atoms with Gasteiger partial charge in [0.25, 0.3) is 0 Å². The zero-order chi connectivity index (χ0) is 16.4. The second-order valence-electron chi connectivity index (χ2n) is 6.97. The topological polar surface area (TPSA) is 71.2 Å². The molecule has 0 N–H and O–H groups in total. The fourth-order valence-corrected chi connectivity index (χ4v) is 2.66. The van der Waals surface area contributed by atoms with Gasteiger partial charge in [0.15, 0.2) is 5.82 Å². The third-order valence-corrected chi connectivity index (χ3v) is 4.21. The van der Waals surface area contributed by atoms with E-state index in [4.69, 9.17) is 4.52 Å². The average molecular weight is 316 g/mol. The van der Waals surface area contributed by atoms with Gasteiger partial charge in [-0.3, -0.25) is 9.88 Å². The number of hydrogen-bond acceptors (Lipinski definition) is 7. The van der Waals surface area contributed by atoms with Crippen LogP contribution in [0, 0.1) is 0 Å². The SMILES string of the molecule is C[C@@H](c1nc(C(C)(C)C)no1)N1CCN(c2cnccn2)CC1. The first-order chi connectivity index (χ1) is 10.9. The molecule has 0 spiro atoms. The Bertz CT molecular complexity index is 628. The number of aromatic nitrogens is 4. The molecule has 3 rings (SSSR count). The van der Waals surface area contributed by atoms with E-state index in [0.29, 0.717) is 5.89 Å². The maximum atomic E-state index is 5.48. The Kier molecular flexibility index (Phi) is 4.30. The minimum absolute atomic E-state index is 0.0911. The van der Waals surface area contributed by atoms with Gasteiger partial charge in [-0.05, 0) is 6.92 Å². The summed E-state index contributed by atoms with van der Waals surface area (Å²) in [6.07, 6.45) is 5.24. The maximum absolute atomic E-state index is 5.48. The van der Waals surface area contributed by atoms with Crippen LogP contribution in [0.25, 0.3) is 0 Å². The van der Waals surface area contributed by atoms with Crippen LogP contribution in [0.1, 0.15) is 45.5 Å². The Hall–Kier alpha value is -2.02. The fraction of sp³-hybridized carbons (Fsp3) is 0.625. The highest BCUT2D eigenvalue weighted by Crippen LogP contribution is 2.25. The molecule has 1 atom stereocenters. The van der Waals surface area contributed by atoms with E-state index >= 15 is 0 Å². The number of piperazine rings is 1. The third-order valence-electron chi connectivity index (χ3n) is 4.21. The van der Waals surface area contributed by atoms with Gasteiger partial charge in [-0.1, -0.05) is 25.9 Å². The van der Waals surface area contributed by atoms with E-state index in [1.807, 2.05) is 6.20 Å². The van der Waals surface area contributed by atoms with Crippen LogP contribution in [0.4, 0.5) is 5.82 Å². The number of anilines is 1. The zero-order valence-electron chi connectivity index (χ0n) is 14.2. The Balaban J connectivity index is 1.62. The van der Waals surface area contributed by atoms with Crippen molar-refractivity contribution in [3.8, 4) is 0 Å². The Labute approximate surface area is 136 Å². The molecule has 0 amide bonds. The van der Waals surface area contributed by atoms with Crippen LogP contribution in [-0.4, -0.2) is 51.2 Å². The first-order valence-corrected chi connectivity index (χ1v) is 8.04. The smallest absolute Gasteiger partial charge is 0.243 e. The van der Waals surface area contributed by atoms with Crippen molar-refractivity contribution in [3.63, 3.8) is 0 Å². The summed E-state index contributed by atoms with van der Waals surface area (Å²) in [4.78, 5) is 17.7. The fourth-order valence-electron chi connectivity index (χ4n) is 2.66. The molecule has 2 aromatic heterocycles. The van der Waals surface area contributed by atoms with Gasteiger partial charge in [-0.2, -0.15) is 4.98 Å². The summed E-state index contributed by atoms with van der Waals surface area (Å²) < 4.78 is 5.48. The van der Waals surface area contributed by atoms with Gasteiger partial charge < -0.3 is 9.42 Å². The minimum atomic E-state index is -0.0911. The van der Waals surface area contributed by atoms with E-state index in [1.54, 1.807) is 12.4 Å². The molecule has 124 valence electrons. The first-order valence-electron chi connectivity index (χ1n) is 8.04. The lowest BCUT2D eigenvalue weighted by Gasteiger charge is -2.37. The molecule has 0 saturated carbocycles. The third kappa shape index (κ3) is 3.50. The Morgan fingerprint density at radius 2 is 1.87 bits per heavy atom. The van der Waals surface area contributed by atoms with E-state index in [9.17, 15) is 0 Å². The first kappa shape index (κ1) is 15.9. The standard InChI is InChI=1S/C16H24N6O/c1-12(14-19-15(20-23-14)16(2,3)4)21-7-9-22(10-8-21)13-11-17-5-6-18-13/h5-6,11-12H,7-10H2,1-4H3/t12-/m0/s1. The summed E-state index contributed by atoms with van der Waals surface area (Å²) in [5.74, 6) is 2.40. The lowest BCUT2D eigenvalue weighted by Crippen LogP contribution is -2.47. The predicted molar refractivity (Wildman–Crippen MR) is 87.2 cm³/mol. The highest BCUT2D eigenvalue weighted by molar-refractivity contribution is 5.35. The molecule has 7 nitrogen and oxygen atoms in total. The van der Waals surface area contributed by atoms with Gasteiger partial charge in [0.2, 0.25) is 5.89 Å². The summed E-state index contributed by atoms with van der Waals surface area (Å²) >= 11 is 0. The average Bonchev–Trinajstić information content (AvgIpc) is 3.05. The van der Waals surface area contributed by atoms with E-state index in [0.717, 1.165) is 37.8 Å². The molecule has 0 radical (unpaired) electrons. The van der Waals surface area contributed by atoms with Crippen molar-refractivity contribution in [1.82, 2.24) is 25.0 Å². The monoisotopic (exact) mass is 316 g/mol. The van der Waals surface area contributed by atoms with Crippen molar-refractivity contribution < 1.29 is 4.52 Å². The van der Waals surface area contributed by atoms with Crippen molar-refractivity contribution in [3.05, 3.63) is 30.3 Å². The molecule has 3 heterocycles. The highest BCUT2D eigenvalue weighted by Gasteiger charge is 2.28. The molecule has 0 unspecified atom stereocenters. The Morgan fingerprint density at radius 3 is 2.43 bits per heavy atom. The second kappa shape index (κ2) is 6.23. The van der Waals surface area contributed by atoms with Gasteiger partial charge >= 0.3 is 0 Å². The molecule has 2 aromatic rings. The van der Waals surface area contributed by atoms with Crippen molar-refractivity contribution in [2.75, 3.05) is 31.1 Å². The molecule has 7 heteroatoms. The number of nitrogens with zero attached hydrogens (tertiary/aromatic N) is 6. The van der Waals surface area contributed by atoms with Crippen LogP contribution < -0.4 is 4.90 Å². The van der Waals surface area contributed by atoms with Gasteiger partial charge in [-0.15, -0.1) is 0 Å². The molecule has 0 aliphatic carbocycles. The molecule has 1 aliphatic rings. The van der Waals surface area contributed by atoms with E-state index < -0.39 is 0 Å². The van der Waals surface area contributed by atoms with Crippen molar-refractivity contribution >= 4 is 5.82 Å². The molecule has 0 bridgehead atoms. The van der Waals surface area contributed by atoms with Crippen LogP contribution in [0.3, 0.4) is 0 Å². The predicted octanol–water partition coefficient (Wildman–Crippen LogP) is 2.04. The quantitative estimate of drug-likeness (QED) is 0.858. The molecular weight excluding hydrogens is 292 g/mol. The normalized spacial score (nSPS) is 18.2. The van der Waals surface area contributed by atoms with Gasteiger partial charge in [-0.25, -0.2) is 4.98 Å². The lowest BCUT2D eigenvalue weighted by atomic mass is 9.96. The van der Waals surface area contributed by atoms with E-state index in [2.05, 4.69) is 57.6 Å². The minimum Gasteiger partial charge on any atom is -0.353 e. The van der Waals surface area contributed by atoms with Crippen LogP contribution in [0.2, 0.25) is 0 Å². The summed E-state index contributed by atoms with van der Waals surface area (Å²) in [5, 5.41) is 4.12. The summed E-state index contributed by atoms with van der Waals surface area (Å²) in [6.45, 7) is 12.1. The molecular formula is C16H24N6O. The van der Waals surface area contributed by atoms with E-state index in [1.165, 1.54) is 0 Å². The van der Waals surface area contributed by atoms with Crippen LogP contribution >= 0.6 is 0 Å². The molecule has 0 aromatic carbocycles. The lowest BCUT2D eigenvalue weighted by molar-refractivity contribution is 0.164. The molecule has 1 saturated heterocycles. The summed E-state index contributed by atoms with van der Waals surface area (Å²) in [7, 11) is 0. The largest absolute Gasteiger partial charge is 0.353 e. The van der Waals surface area contributed by atoms with Crippen molar-refractivity contribution in [1.29, 1.82) is 0 Å². The van der Waals surface area contributed by atoms with Gasteiger partial charge in [0.05, 0.1) is 12.2 Å². The Morgan fingerprint density at radius 1 is 1.13 bits per heavy atom. The van der Waals surface area contributed by atoms with Crippen molar-refractivity contribution in [2.24, 2.45) is 0 Å². The second-order valence-corrected chi connectivity index (χ2v) is 6.97. The molecule has 1 fully saturated rings. The molecule has 23 heavy (non-hydrogen) atoms. The van der Waals surface area contributed by atoms with E-state index in [-0.39, 0.29) is 11.5 Å². The van der Waals surface area contributed by atoms with Crippen LogP contribution in [0.15, 0.2) is 23.1 Å². The van der Waals surface area contributed by atoms with Crippen molar-refractivity contribution in [2.45, 2.75) is 39.2 Å². The maximum Gasteiger partial charge on any atom is 0.243 e. The zero-order valence-corrected chi connectivity index (χ0v) is 14.2. The van der Waals surface area contributed by atoms with Gasteiger partial charge in [0.1, 0.15) is 5.82 Å². The van der Waals surface area contributed by atoms with Gasteiger partial charge in [0, 0.05) is 44.0 Å². The van der Waals surface area contributed by atoms with Crippen LogP contribution in [0.5, 0.6) is 0 Å². The number of hydrogen-bond donors (Lipinski definition) is 0. The summed E-state index contributed by atoms with van der Waals surface area (Å²) in [5.41, 5.74) is -0.0911. The highest BCUT2D eigenvalue weighted by atomic mass is 16.5. The molecule has 1 aliphatic heterocycles. The number of rotatable bonds is 3.